The first kappa shape index (κ1) is 19.5. The molecule has 43 heavy (non-hydrogen) atoms. The topological polar surface area (TPSA) is 13.1 Å². The van der Waals surface area contributed by atoms with E-state index in [0.29, 0.717) is 5.56 Å². The highest BCUT2D eigenvalue weighted by Gasteiger charge is 2.18. The van der Waals surface area contributed by atoms with Gasteiger partial charge in [0, 0.05) is 16.2 Å². The summed E-state index contributed by atoms with van der Waals surface area (Å²) in [7, 11) is 0. The molecule has 0 aliphatic rings. The largest absolute Gasteiger partial charge is 0.455 e. The van der Waals surface area contributed by atoms with Crippen molar-refractivity contribution in [1.29, 1.82) is 0 Å². The summed E-state index contributed by atoms with van der Waals surface area (Å²) in [6, 6.07) is 41.7. The van der Waals surface area contributed by atoms with Crippen molar-refractivity contribution in [3.63, 3.8) is 0 Å². The van der Waals surface area contributed by atoms with Gasteiger partial charge in [-0.3, -0.25) is 0 Å². The van der Waals surface area contributed by atoms with Crippen molar-refractivity contribution in [3.05, 3.63) is 158 Å². The van der Waals surface area contributed by atoms with E-state index in [1.54, 1.807) is 0 Å². The summed E-state index contributed by atoms with van der Waals surface area (Å²) in [5, 5.41) is 7.89. The molecule has 1 heterocycles. The molecular formula is C42H26O. The molecular weight excluding hydrogens is 520 g/mol. The predicted octanol–water partition coefficient (Wildman–Crippen LogP) is 12.0. The number of hydrogen-bond donors (Lipinski definition) is 0. The molecule has 9 aromatic rings. The lowest BCUT2D eigenvalue weighted by Gasteiger charge is -2.18. The second-order valence-corrected chi connectivity index (χ2v) is 10.9. The van der Waals surface area contributed by atoms with Crippen molar-refractivity contribution in [2.24, 2.45) is 0 Å². The van der Waals surface area contributed by atoms with Gasteiger partial charge in [-0.05, 0) is 78.5 Å². The molecule has 0 spiro atoms. The van der Waals surface area contributed by atoms with Crippen LogP contribution < -0.4 is 0 Å². The molecule has 0 aliphatic heterocycles. The molecule has 0 bridgehead atoms. The molecule has 0 N–H and O–H groups in total. The first-order valence-electron chi connectivity index (χ1n) is 16.9. The predicted molar refractivity (Wildman–Crippen MR) is 183 cm³/mol. The molecule has 9 rings (SSSR count). The van der Waals surface area contributed by atoms with Gasteiger partial charge in [0.05, 0.1) is 6.85 Å². The Labute approximate surface area is 256 Å². The van der Waals surface area contributed by atoms with Gasteiger partial charge in [-0.15, -0.1) is 0 Å². The zero-order chi connectivity index (χ0) is 32.7. The van der Waals surface area contributed by atoms with Crippen molar-refractivity contribution < 1.29 is 11.3 Å². The minimum Gasteiger partial charge on any atom is -0.455 e. The van der Waals surface area contributed by atoms with Crippen LogP contribution in [0.25, 0.3) is 87.6 Å². The van der Waals surface area contributed by atoms with Crippen molar-refractivity contribution in [2.75, 3.05) is 0 Å². The monoisotopic (exact) mass is 551 g/mol. The van der Waals surface area contributed by atoms with E-state index in [1.807, 2.05) is 60.7 Å². The Morgan fingerprint density at radius 2 is 1.05 bits per heavy atom. The maximum Gasteiger partial charge on any atom is 0.143 e. The quantitative estimate of drug-likeness (QED) is 0.199. The maximum atomic E-state index is 8.84. The van der Waals surface area contributed by atoms with Crippen LogP contribution in [-0.4, -0.2) is 0 Å². The summed E-state index contributed by atoms with van der Waals surface area (Å²) in [6.07, 6.45) is 0. The Morgan fingerprint density at radius 3 is 1.77 bits per heavy atom. The fourth-order valence-electron chi connectivity index (χ4n) is 6.72. The highest BCUT2D eigenvalue weighted by atomic mass is 16.3. The zero-order valence-electron chi connectivity index (χ0n) is 28.0. The molecule has 0 amide bonds. The summed E-state index contributed by atoms with van der Waals surface area (Å²) in [4.78, 5) is 0. The van der Waals surface area contributed by atoms with Crippen LogP contribution in [0.5, 0.6) is 0 Å². The van der Waals surface area contributed by atoms with E-state index in [1.165, 1.54) is 0 Å². The van der Waals surface area contributed by atoms with Gasteiger partial charge in [0.25, 0.3) is 0 Å². The molecule has 0 saturated heterocycles. The molecule has 8 aromatic carbocycles. The van der Waals surface area contributed by atoms with Gasteiger partial charge in [0.15, 0.2) is 0 Å². The number of fused-ring (bicyclic) bond motifs is 7. The van der Waals surface area contributed by atoms with Crippen molar-refractivity contribution in [2.45, 2.75) is 0 Å². The van der Waals surface area contributed by atoms with Gasteiger partial charge < -0.3 is 4.42 Å². The molecule has 0 fully saturated rings. The van der Waals surface area contributed by atoms with Gasteiger partial charge in [-0.25, -0.2) is 0 Å². The van der Waals surface area contributed by atoms with Crippen LogP contribution in [0.4, 0.5) is 0 Å². The summed E-state index contributed by atoms with van der Waals surface area (Å²) in [6.45, 7) is 0. The lowest BCUT2D eigenvalue weighted by atomic mass is 9.85. The molecule has 1 heteroatoms. The molecule has 0 unspecified atom stereocenters. The molecule has 1 nitrogen and oxygen atoms in total. The Morgan fingerprint density at radius 1 is 0.442 bits per heavy atom. The fourth-order valence-corrected chi connectivity index (χ4v) is 6.72. The number of rotatable bonds is 3. The van der Waals surface area contributed by atoms with Crippen LogP contribution in [0.15, 0.2) is 162 Å². The van der Waals surface area contributed by atoms with Crippen LogP contribution in [0.3, 0.4) is 0 Å². The van der Waals surface area contributed by atoms with Crippen LogP contribution >= 0.6 is 0 Å². The average Bonchev–Trinajstić information content (AvgIpc) is 3.52. The number of furan rings is 1. The lowest BCUT2D eigenvalue weighted by Crippen LogP contribution is -1.91. The van der Waals surface area contributed by atoms with Crippen LogP contribution in [0.1, 0.15) is 6.85 Å². The maximum absolute atomic E-state index is 8.84. The van der Waals surface area contributed by atoms with E-state index < -0.39 is 6.04 Å². The van der Waals surface area contributed by atoms with Crippen LogP contribution in [0, 0.1) is 0 Å². The van der Waals surface area contributed by atoms with Gasteiger partial charge >= 0.3 is 0 Å². The first-order chi connectivity index (χ1) is 23.4. The SMILES string of the molecule is [2H]c1c([2H])c([2H])c(-c2c3ccccc3c(-c3cccc(-c4cccc5oc6c7ccccc7ccc6c45)c3)c3ccccc23)c([2H])c1[2H]. The third-order valence-corrected chi connectivity index (χ3v) is 8.53. The van der Waals surface area contributed by atoms with E-state index in [2.05, 4.69) is 66.7 Å². The molecule has 0 radical (unpaired) electrons. The van der Waals surface area contributed by atoms with Gasteiger partial charge in [0.2, 0.25) is 0 Å². The molecule has 1 aromatic heterocycles. The van der Waals surface area contributed by atoms with Gasteiger partial charge in [-0.2, -0.15) is 0 Å². The Bertz CT molecular complexity index is 2710. The standard InChI is InChI=1S/C42H26O/c1-2-13-28(14-3-1)39-33-18-6-8-20-35(33)40(36-21-9-7-19-34(36)39)30-16-10-15-29(26-30)31-22-11-23-38-41(31)37-25-24-27-12-4-5-17-32(27)42(37)43-38/h1-26H/i1D,2D,3D,13D,14D. The van der Waals surface area contributed by atoms with Crippen LogP contribution in [0.2, 0.25) is 0 Å². The van der Waals surface area contributed by atoms with Gasteiger partial charge in [0.1, 0.15) is 11.2 Å². The van der Waals surface area contributed by atoms with Crippen molar-refractivity contribution in [3.8, 4) is 33.4 Å². The van der Waals surface area contributed by atoms with E-state index >= 15 is 0 Å². The highest BCUT2D eigenvalue weighted by molar-refractivity contribution is 6.22. The number of benzene rings is 8. The summed E-state index contributed by atoms with van der Waals surface area (Å²) >= 11 is 0. The first-order valence-corrected chi connectivity index (χ1v) is 14.4. The molecule has 200 valence electrons. The Balaban J connectivity index is 1.33. The van der Waals surface area contributed by atoms with Crippen molar-refractivity contribution >= 4 is 54.3 Å². The van der Waals surface area contributed by atoms with E-state index in [-0.39, 0.29) is 29.7 Å². The van der Waals surface area contributed by atoms with Crippen molar-refractivity contribution in [1.82, 2.24) is 0 Å². The highest BCUT2D eigenvalue weighted by Crippen LogP contribution is 2.45. The zero-order valence-corrected chi connectivity index (χ0v) is 23.0. The van der Waals surface area contributed by atoms with E-state index in [0.717, 1.165) is 76.5 Å². The fraction of sp³-hybridized carbons (Fsp3) is 0. The third-order valence-electron chi connectivity index (χ3n) is 8.53. The minimum absolute atomic E-state index is 0.208. The van der Waals surface area contributed by atoms with E-state index in [4.69, 9.17) is 11.3 Å². The smallest absolute Gasteiger partial charge is 0.143 e. The molecule has 0 atom stereocenters. The average molecular weight is 552 g/mol. The van der Waals surface area contributed by atoms with E-state index in [9.17, 15) is 0 Å². The van der Waals surface area contributed by atoms with Gasteiger partial charge in [-0.1, -0.05) is 139 Å². The Kier molecular flexibility index (Phi) is 4.27. The summed E-state index contributed by atoms with van der Waals surface area (Å²) < 4.78 is 49.2. The normalized spacial score (nSPS) is 13.3. The molecule has 0 saturated carbocycles. The van der Waals surface area contributed by atoms with Crippen LogP contribution in [-0.2, 0) is 0 Å². The Hall–Kier alpha value is -5.66. The minimum atomic E-state index is -0.399. The third kappa shape index (κ3) is 3.65. The lowest BCUT2D eigenvalue weighted by molar-refractivity contribution is 0.673. The summed E-state index contributed by atoms with van der Waals surface area (Å²) in [5.41, 5.74) is 6.73. The summed E-state index contributed by atoms with van der Waals surface area (Å²) in [5.74, 6) is 0. The second-order valence-electron chi connectivity index (χ2n) is 10.9. The molecule has 0 aliphatic carbocycles. The number of hydrogen-bond acceptors (Lipinski definition) is 1. The second kappa shape index (κ2) is 9.44.